The van der Waals surface area contributed by atoms with Crippen LogP contribution in [-0.4, -0.2) is 11.2 Å². The Balaban J connectivity index is 2.03. The molecule has 2 aromatic rings. The average molecular weight is 211 g/mol. The first-order valence-corrected chi connectivity index (χ1v) is 5.12. The lowest BCUT2D eigenvalue weighted by Gasteiger charge is -2.02. The molecule has 2 rings (SSSR count). The first kappa shape index (κ1) is 10.4. The molecule has 80 valence electrons. The van der Waals surface area contributed by atoms with Gasteiger partial charge in [0.15, 0.2) is 0 Å². The van der Waals surface area contributed by atoms with Gasteiger partial charge in [-0.25, -0.2) is 0 Å². The van der Waals surface area contributed by atoms with Gasteiger partial charge in [-0.1, -0.05) is 30.3 Å². The molecular formula is C13H13N3. The van der Waals surface area contributed by atoms with Gasteiger partial charge in [0.05, 0.1) is 17.6 Å². The molecule has 0 spiro atoms. The highest BCUT2D eigenvalue weighted by Crippen LogP contribution is 2.09. The predicted molar refractivity (Wildman–Crippen MR) is 66.6 cm³/mol. The maximum atomic E-state index is 4.17. The van der Waals surface area contributed by atoms with Gasteiger partial charge >= 0.3 is 0 Å². The number of hydrazone groups is 1. The summed E-state index contributed by atoms with van der Waals surface area (Å²) in [6, 6.07) is 13.8. The van der Waals surface area contributed by atoms with E-state index in [1.165, 1.54) is 0 Å². The number of aromatic nitrogens is 1. The van der Waals surface area contributed by atoms with Gasteiger partial charge in [-0.2, -0.15) is 5.10 Å². The first-order chi connectivity index (χ1) is 7.86. The van der Waals surface area contributed by atoms with Gasteiger partial charge in [0.25, 0.3) is 0 Å². The highest BCUT2D eigenvalue weighted by Gasteiger charge is 1.93. The fourth-order valence-corrected chi connectivity index (χ4v) is 1.32. The average Bonchev–Trinajstić information content (AvgIpc) is 2.33. The lowest BCUT2D eigenvalue weighted by Crippen LogP contribution is -1.94. The van der Waals surface area contributed by atoms with Crippen LogP contribution in [0, 0.1) is 6.92 Å². The molecule has 1 aromatic carbocycles. The number of hydrogen-bond donors (Lipinski definition) is 1. The van der Waals surface area contributed by atoms with E-state index < -0.39 is 0 Å². The van der Waals surface area contributed by atoms with E-state index in [4.69, 9.17) is 0 Å². The van der Waals surface area contributed by atoms with Crippen LogP contribution in [0.5, 0.6) is 0 Å². The van der Waals surface area contributed by atoms with Crippen molar-refractivity contribution in [1.82, 2.24) is 4.98 Å². The number of hydrogen-bond acceptors (Lipinski definition) is 3. The second-order valence-electron chi connectivity index (χ2n) is 3.42. The molecule has 1 aromatic heterocycles. The first-order valence-electron chi connectivity index (χ1n) is 5.12. The van der Waals surface area contributed by atoms with Crippen LogP contribution in [0.3, 0.4) is 0 Å². The fraction of sp³-hybridized carbons (Fsp3) is 0.0769. The summed E-state index contributed by atoms with van der Waals surface area (Å²) in [4.78, 5) is 4.17. The Morgan fingerprint density at radius 1 is 1.12 bits per heavy atom. The van der Waals surface area contributed by atoms with Crippen LogP contribution >= 0.6 is 0 Å². The predicted octanol–water partition coefficient (Wildman–Crippen LogP) is 2.84. The summed E-state index contributed by atoms with van der Waals surface area (Å²) in [6.45, 7) is 1.94. The maximum absolute atomic E-state index is 4.17. The van der Waals surface area contributed by atoms with E-state index in [1.54, 1.807) is 12.4 Å². The number of nitrogens with zero attached hydrogens (tertiary/aromatic N) is 2. The monoisotopic (exact) mass is 211 g/mol. The number of pyridine rings is 1. The second-order valence-corrected chi connectivity index (χ2v) is 3.42. The van der Waals surface area contributed by atoms with Crippen LogP contribution < -0.4 is 5.43 Å². The summed E-state index contributed by atoms with van der Waals surface area (Å²) in [6.07, 6.45) is 3.55. The molecule has 0 saturated carbocycles. The summed E-state index contributed by atoms with van der Waals surface area (Å²) in [5.41, 5.74) is 5.90. The van der Waals surface area contributed by atoms with Crippen LogP contribution in [0.1, 0.15) is 11.3 Å². The van der Waals surface area contributed by atoms with Gasteiger partial charge in [-0.3, -0.25) is 10.4 Å². The third kappa shape index (κ3) is 2.67. The van der Waals surface area contributed by atoms with Crippen LogP contribution in [-0.2, 0) is 0 Å². The zero-order valence-electron chi connectivity index (χ0n) is 9.09. The zero-order valence-corrected chi connectivity index (χ0v) is 9.09. The van der Waals surface area contributed by atoms with E-state index in [-0.39, 0.29) is 0 Å². The summed E-state index contributed by atoms with van der Waals surface area (Å²) in [7, 11) is 0. The van der Waals surface area contributed by atoms with E-state index in [2.05, 4.69) is 15.5 Å². The van der Waals surface area contributed by atoms with E-state index in [0.29, 0.717) is 0 Å². The van der Waals surface area contributed by atoms with E-state index >= 15 is 0 Å². The smallest absolute Gasteiger partial charge is 0.0774 e. The molecule has 0 saturated heterocycles. The minimum atomic E-state index is 0.926. The Kier molecular flexibility index (Phi) is 3.28. The molecule has 0 atom stereocenters. The quantitative estimate of drug-likeness (QED) is 0.626. The Bertz CT molecular complexity index is 478. The van der Waals surface area contributed by atoms with Crippen molar-refractivity contribution < 1.29 is 0 Å². The molecule has 0 unspecified atom stereocenters. The van der Waals surface area contributed by atoms with Crippen LogP contribution in [0.15, 0.2) is 53.8 Å². The van der Waals surface area contributed by atoms with Gasteiger partial charge in [0, 0.05) is 6.20 Å². The van der Waals surface area contributed by atoms with Crippen molar-refractivity contribution in [1.29, 1.82) is 0 Å². The topological polar surface area (TPSA) is 37.3 Å². The molecule has 3 nitrogen and oxygen atoms in total. The number of rotatable bonds is 3. The van der Waals surface area contributed by atoms with Gasteiger partial charge in [-0.05, 0) is 24.6 Å². The van der Waals surface area contributed by atoms with Crippen molar-refractivity contribution in [2.75, 3.05) is 5.43 Å². The van der Waals surface area contributed by atoms with Crippen LogP contribution in [0.2, 0.25) is 0 Å². The lowest BCUT2D eigenvalue weighted by atomic mass is 10.2. The summed E-state index contributed by atoms with van der Waals surface area (Å²) < 4.78 is 0. The van der Waals surface area contributed by atoms with E-state index in [0.717, 1.165) is 16.9 Å². The fourth-order valence-electron chi connectivity index (χ4n) is 1.32. The van der Waals surface area contributed by atoms with Crippen molar-refractivity contribution in [2.24, 2.45) is 5.10 Å². The number of nitrogens with one attached hydrogen (secondary N) is 1. The molecule has 0 aliphatic rings. The van der Waals surface area contributed by atoms with E-state index in [9.17, 15) is 0 Å². The maximum Gasteiger partial charge on any atom is 0.0774 e. The third-order valence-corrected chi connectivity index (χ3v) is 2.21. The van der Waals surface area contributed by atoms with Crippen LogP contribution in [0.25, 0.3) is 0 Å². The summed E-state index contributed by atoms with van der Waals surface area (Å²) in [5.74, 6) is 0. The highest BCUT2D eigenvalue weighted by molar-refractivity contribution is 5.80. The van der Waals surface area contributed by atoms with Crippen molar-refractivity contribution in [2.45, 2.75) is 6.92 Å². The van der Waals surface area contributed by atoms with Gasteiger partial charge < -0.3 is 0 Å². The minimum absolute atomic E-state index is 0.926. The number of anilines is 1. The molecule has 3 heteroatoms. The van der Waals surface area contributed by atoms with Crippen LogP contribution in [0.4, 0.5) is 5.69 Å². The molecule has 16 heavy (non-hydrogen) atoms. The number of aryl methyl sites for hydroxylation is 1. The molecule has 0 fully saturated rings. The summed E-state index contributed by atoms with van der Waals surface area (Å²) in [5, 5.41) is 4.16. The Hall–Kier alpha value is -2.16. The van der Waals surface area contributed by atoms with Crippen molar-refractivity contribution in [3.05, 3.63) is 59.9 Å². The van der Waals surface area contributed by atoms with Gasteiger partial charge in [-0.15, -0.1) is 0 Å². The SMILES string of the molecule is Cc1ncccc1N/N=C/c1ccccc1. The normalized spacial score (nSPS) is 10.6. The van der Waals surface area contributed by atoms with Crippen molar-refractivity contribution >= 4 is 11.9 Å². The molecule has 0 aliphatic heterocycles. The molecular weight excluding hydrogens is 198 g/mol. The van der Waals surface area contributed by atoms with Gasteiger partial charge in [0.2, 0.25) is 0 Å². The largest absolute Gasteiger partial charge is 0.277 e. The Morgan fingerprint density at radius 3 is 2.69 bits per heavy atom. The molecule has 1 heterocycles. The van der Waals surface area contributed by atoms with E-state index in [1.807, 2.05) is 49.4 Å². The van der Waals surface area contributed by atoms with Crippen molar-refractivity contribution in [3.8, 4) is 0 Å². The second kappa shape index (κ2) is 5.07. The lowest BCUT2D eigenvalue weighted by molar-refractivity contribution is 1.17. The Labute approximate surface area is 94.9 Å². The Morgan fingerprint density at radius 2 is 1.94 bits per heavy atom. The molecule has 0 radical (unpaired) electrons. The molecule has 0 aliphatic carbocycles. The van der Waals surface area contributed by atoms with Crippen molar-refractivity contribution in [3.63, 3.8) is 0 Å². The summed E-state index contributed by atoms with van der Waals surface area (Å²) >= 11 is 0. The highest BCUT2D eigenvalue weighted by atomic mass is 15.3. The zero-order chi connectivity index (χ0) is 11.2. The molecule has 0 bridgehead atoms. The minimum Gasteiger partial charge on any atom is -0.277 e. The molecule has 1 N–H and O–H groups in total. The van der Waals surface area contributed by atoms with Gasteiger partial charge in [0.1, 0.15) is 0 Å². The third-order valence-electron chi connectivity index (χ3n) is 2.21. The standard InChI is InChI=1S/C13H13N3/c1-11-13(8-5-9-14-11)16-15-10-12-6-3-2-4-7-12/h2-10,16H,1H3/b15-10+. The molecule has 0 amide bonds. The number of benzene rings is 1.